The Morgan fingerprint density at radius 1 is 1.08 bits per heavy atom. The summed E-state index contributed by atoms with van der Waals surface area (Å²) in [5.74, 6) is 0.0584. The van der Waals surface area contributed by atoms with E-state index in [1.807, 2.05) is 68.4 Å². The zero-order chi connectivity index (χ0) is 16.9. The van der Waals surface area contributed by atoms with Gasteiger partial charge in [-0.15, -0.1) is 11.3 Å². The highest BCUT2D eigenvalue weighted by Crippen LogP contribution is 2.28. The van der Waals surface area contributed by atoms with E-state index in [4.69, 9.17) is 0 Å². The van der Waals surface area contributed by atoms with E-state index in [9.17, 15) is 4.79 Å². The summed E-state index contributed by atoms with van der Waals surface area (Å²) < 4.78 is 0. The predicted octanol–water partition coefficient (Wildman–Crippen LogP) is 5.40. The normalized spacial score (nSPS) is 11.1. The molecule has 0 N–H and O–H groups in total. The standard InChI is InChI=1S/C20H18N2OS/c1-14-8-10-17(11-9-14)21-13-12-18(23)19-15(2)22-20(24-19)16-6-4-3-5-7-16/h3-11,13H,12H2,1-2H3. The van der Waals surface area contributed by atoms with Gasteiger partial charge in [0.25, 0.3) is 0 Å². The van der Waals surface area contributed by atoms with E-state index in [1.165, 1.54) is 16.9 Å². The van der Waals surface area contributed by atoms with Crippen LogP contribution in [-0.2, 0) is 0 Å². The van der Waals surface area contributed by atoms with Crippen molar-refractivity contribution in [3.05, 3.63) is 70.7 Å². The third kappa shape index (κ3) is 3.84. The Kier molecular flexibility index (Phi) is 4.96. The first-order chi connectivity index (χ1) is 11.6. The fourth-order valence-corrected chi connectivity index (χ4v) is 3.34. The van der Waals surface area contributed by atoms with Crippen LogP contribution < -0.4 is 0 Å². The fourth-order valence-electron chi connectivity index (χ4n) is 2.32. The van der Waals surface area contributed by atoms with Crippen LogP contribution in [0.25, 0.3) is 10.6 Å². The lowest BCUT2D eigenvalue weighted by molar-refractivity contribution is 0.100. The van der Waals surface area contributed by atoms with Gasteiger partial charge in [0.1, 0.15) is 5.01 Å². The summed E-state index contributed by atoms with van der Waals surface area (Å²) in [5.41, 5.74) is 3.88. The Bertz CT molecular complexity index is 864. The quantitative estimate of drug-likeness (QED) is 0.463. The lowest BCUT2D eigenvalue weighted by Crippen LogP contribution is -1.98. The van der Waals surface area contributed by atoms with E-state index in [-0.39, 0.29) is 12.2 Å². The number of rotatable bonds is 5. The van der Waals surface area contributed by atoms with Crippen molar-refractivity contribution in [1.29, 1.82) is 0 Å². The van der Waals surface area contributed by atoms with Gasteiger partial charge in [0.2, 0.25) is 0 Å². The summed E-state index contributed by atoms with van der Waals surface area (Å²) in [6, 6.07) is 17.8. The molecule has 0 fully saturated rings. The first-order valence-corrected chi connectivity index (χ1v) is 8.60. The largest absolute Gasteiger partial charge is 0.293 e. The molecule has 0 radical (unpaired) electrons. The lowest BCUT2D eigenvalue weighted by atomic mass is 10.2. The number of hydrogen-bond acceptors (Lipinski definition) is 4. The van der Waals surface area contributed by atoms with Gasteiger partial charge in [-0.1, -0.05) is 48.0 Å². The van der Waals surface area contributed by atoms with Gasteiger partial charge in [0.15, 0.2) is 5.78 Å². The molecular weight excluding hydrogens is 316 g/mol. The number of aliphatic imine (C=N–C) groups is 1. The second kappa shape index (κ2) is 7.32. The molecule has 1 heterocycles. The Balaban J connectivity index is 1.71. The minimum Gasteiger partial charge on any atom is -0.293 e. The Morgan fingerprint density at radius 3 is 2.50 bits per heavy atom. The molecule has 3 aromatic rings. The molecule has 0 bridgehead atoms. The molecule has 0 spiro atoms. The first-order valence-electron chi connectivity index (χ1n) is 7.79. The van der Waals surface area contributed by atoms with Crippen LogP contribution in [0.5, 0.6) is 0 Å². The number of benzene rings is 2. The molecule has 0 amide bonds. The predicted molar refractivity (Wildman–Crippen MR) is 101 cm³/mol. The van der Waals surface area contributed by atoms with Crippen LogP contribution in [0.2, 0.25) is 0 Å². The van der Waals surface area contributed by atoms with Crippen LogP contribution in [0.4, 0.5) is 5.69 Å². The van der Waals surface area contributed by atoms with E-state index in [1.54, 1.807) is 6.21 Å². The van der Waals surface area contributed by atoms with Crippen LogP contribution in [0, 0.1) is 13.8 Å². The number of carbonyl (C=O) groups excluding carboxylic acids is 1. The zero-order valence-corrected chi connectivity index (χ0v) is 14.5. The van der Waals surface area contributed by atoms with E-state index in [2.05, 4.69) is 9.98 Å². The third-order valence-corrected chi connectivity index (χ3v) is 4.87. The van der Waals surface area contributed by atoms with Crippen molar-refractivity contribution in [2.24, 2.45) is 4.99 Å². The van der Waals surface area contributed by atoms with Gasteiger partial charge >= 0.3 is 0 Å². The molecule has 2 aromatic carbocycles. The highest BCUT2D eigenvalue weighted by molar-refractivity contribution is 7.17. The number of thiazole rings is 1. The highest BCUT2D eigenvalue weighted by atomic mass is 32.1. The molecular formula is C20H18N2OS. The van der Waals surface area contributed by atoms with Crippen molar-refractivity contribution in [3.8, 4) is 10.6 Å². The molecule has 0 saturated carbocycles. The van der Waals surface area contributed by atoms with Crippen molar-refractivity contribution >= 4 is 29.0 Å². The SMILES string of the molecule is Cc1ccc(N=CCC(=O)c2sc(-c3ccccc3)nc2C)cc1. The topological polar surface area (TPSA) is 42.3 Å². The number of nitrogens with zero attached hydrogens (tertiary/aromatic N) is 2. The summed E-state index contributed by atoms with van der Waals surface area (Å²) >= 11 is 1.45. The average Bonchev–Trinajstić information content (AvgIpc) is 2.99. The van der Waals surface area contributed by atoms with Crippen LogP contribution in [-0.4, -0.2) is 17.0 Å². The Labute approximate surface area is 145 Å². The number of hydrogen-bond donors (Lipinski definition) is 0. The molecule has 1 aromatic heterocycles. The van der Waals surface area contributed by atoms with E-state index >= 15 is 0 Å². The number of Topliss-reactive ketones (excluding diaryl/α,β-unsaturated/α-hetero) is 1. The monoisotopic (exact) mass is 334 g/mol. The molecule has 0 aliphatic rings. The molecule has 0 saturated heterocycles. The first kappa shape index (κ1) is 16.3. The van der Waals surface area contributed by atoms with Gasteiger partial charge in [-0.2, -0.15) is 0 Å². The minimum absolute atomic E-state index is 0.0584. The van der Waals surface area contributed by atoms with Gasteiger partial charge < -0.3 is 0 Å². The van der Waals surface area contributed by atoms with Crippen molar-refractivity contribution in [3.63, 3.8) is 0 Å². The van der Waals surface area contributed by atoms with Crippen molar-refractivity contribution in [1.82, 2.24) is 4.98 Å². The maximum Gasteiger partial charge on any atom is 0.180 e. The molecule has 0 aliphatic carbocycles. The molecule has 120 valence electrons. The number of carbonyl (C=O) groups is 1. The second-order valence-corrected chi connectivity index (χ2v) is 6.57. The summed E-state index contributed by atoms with van der Waals surface area (Å²) in [6.07, 6.45) is 1.96. The van der Waals surface area contributed by atoms with Crippen molar-refractivity contribution < 1.29 is 4.79 Å². The molecule has 4 heteroatoms. The minimum atomic E-state index is 0.0584. The molecule has 0 unspecified atom stereocenters. The average molecular weight is 334 g/mol. The summed E-state index contributed by atoms with van der Waals surface area (Å²) in [4.78, 5) is 22.0. The zero-order valence-electron chi connectivity index (χ0n) is 13.7. The summed E-state index contributed by atoms with van der Waals surface area (Å²) in [5, 5.41) is 0.881. The van der Waals surface area contributed by atoms with Gasteiger partial charge in [-0.05, 0) is 26.0 Å². The van der Waals surface area contributed by atoms with Crippen LogP contribution >= 0.6 is 11.3 Å². The van der Waals surface area contributed by atoms with Crippen LogP contribution in [0.3, 0.4) is 0 Å². The fraction of sp³-hybridized carbons (Fsp3) is 0.150. The maximum absolute atomic E-state index is 12.4. The van der Waals surface area contributed by atoms with E-state index in [0.717, 1.165) is 22.0 Å². The lowest BCUT2D eigenvalue weighted by Gasteiger charge is -1.96. The second-order valence-electron chi connectivity index (χ2n) is 5.57. The number of ketones is 1. The van der Waals surface area contributed by atoms with Crippen LogP contribution in [0.1, 0.15) is 27.3 Å². The summed E-state index contributed by atoms with van der Waals surface area (Å²) in [7, 11) is 0. The van der Waals surface area contributed by atoms with Crippen molar-refractivity contribution in [2.45, 2.75) is 20.3 Å². The smallest absolute Gasteiger partial charge is 0.180 e. The van der Waals surface area contributed by atoms with Gasteiger partial charge in [0, 0.05) is 18.2 Å². The molecule has 24 heavy (non-hydrogen) atoms. The maximum atomic E-state index is 12.4. The Hall–Kier alpha value is -2.59. The highest BCUT2D eigenvalue weighted by Gasteiger charge is 2.15. The van der Waals surface area contributed by atoms with Gasteiger partial charge in [-0.3, -0.25) is 9.79 Å². The number of aromatic nitrogens is 1. The van der Waals surface area contributed by atoms with E-state index in [0.29, 0.717) is 4.88 Å². The van der Waals surface area contributed by atoms with E-state index < -0.39 is 0 Å². The molecule has 0 atom stereocenters. The Morgan fingerprint density at radius 2 is 1.79 bits per heavy atom. The van der Waals surface area contributed by atoms with Gasteiger partial charge in [-0.25, -0.2) is 4.98 Å². The molecule has 3 rings (SSSR count). The molecule has 0 aliphatic heterocycles. The summed E-state index contributed by atoms with van der Waals surface area (Å²) in [6.45, 7) is 3.92. The van der Waals surface area contributed by atoms with Crippen molar-refractivity contribution in [2.75, 3.05) is 0 Å². The number of aryl methyl sites for hydroxylation is 2. The molecule has 3 nitrogen and oxygen atoms in total. The van der Waals surface area contributed by atoms with Gasteiger partial charge in [0.05, 0.1) is 16.3 Å². The van der Waals surface area contributed by atoms with Crippen LogP contribution in [0.15, 0.2) is 59.6 Å². The third-order valence-electron chi connectivity index (χ3n) is 3.62.